The van der Waals surface area contributed by atoms with Crippen molar-refractivity contribution in [3.05, 3.63) is 75.8 Å². The minimum absolute atomic E-state index is 0.0261. The third-order valence-electron chi connectivity index (χ3n) is 3.52. The Morgan fingerprint density at radius 2 is 2.00 bits per heavy atom. The van der Waals surface area contributed by atoms with E-state index in [0.29, 0.717) is 18.7 Å². The molecule has 0 unspecified atom stereocenters. The van der Waals surface area contributed by atoms with Gasteiger partial charge in [-0.3, -0.25) is 10.1 Å². The van der Waals surface area contributed by atoms with Crippen LogP contribution in [0.5, 0.6) is 5.75 Å². The zero-order chi connectivity index (χ0) is 18.8. The second-order valence-electron chi connectivity index (χ2n) is 5.36. The topological polar surface area (TPSA) is 90.7 Å². The van der Waals surface area contributed by atoms with Gasteiger partial charge >= 0.3 is 6.09 Å². The zero-order valence-electron chi connectivity index (χ0n) is 14.4. The first-order chi connectivity index (χ1) is 12.6. The fraction of sp³-hybridized carbons (Fsp3) is 0.211. The fourth-order valence-corrected chi connectivity index (χ4v) is 2.19. The molecular formula is C19H20N2O5. The molecule has 0 aliphatic heterocycles. The number of carbonyl (C=O) groups is 1. The van der Waals surface area contributed by atoms with Crippen molar-refractivity contribution in [2.75, 3.05) is 13.7 Å². The second-order valence-corrected chi connectivity index (χ2v) is 5.36. The van der Waals surface area contributed by atoms with Gasteiger partial charge in [0.05, 0.1) is 18.1 Å². The molecule has 0 aliphatic carbocycles. The van der Waals surface area contributed by atoms with Crippen LogP contribution in [-0.2, 0) is 11.3 Å². The third kappa shape index (κ3) is 5.94. The van der Waals surface area contributed by atoms with Gasteiger partial charge in [-0.25, -0.2) is 4.79 Å². The molecule has 0 aliphatic rings. The van der Waals surface area contributed by atoms with E-state index in [1.807, 2.05) is 36.4 Å². The number of hydrogen-bond donors (Lipinski definition) is 1. The van der Waals surface area contributed by atoms with E-state index in [2.05, 4.69) is 5.32 Å². The summed E-state index contributed by atoms with van der Waals surface area (Å²) in [5, 5.41) is 13.4. The van der Waals surface area contributed by atoms with Crippen molar-refractivity contribution < 1.29 is 19.2 Å². The molecule has 0 radical (unpaired) electrons. The van der Waals surface area contributed by atoms with Crippen LogP contribution < -0.4 is 10.1 Å². The number of amides is 1. The highest BCUT2D eigenvalue weighted by Gasteiger charge is 2.09. The molecule has 0 aromatic heterocycles. The van der Waals surface area contributed by atoms with Gasteiger partial charge in [0.15, 0.2) is 0 Å². The van der Waals surface area contributed by atoms with Gasteiger partial charge in [0.2, 0.25) is 0 Å². The van der Waals surface area contributed by atoms with Crippen LogP contribution in [0.3, 0.4) is 0 Å². The van der Waals surface area contributed by atoms with Crippen LogP contribution in [0.15, 0.2) is 54.6 Å². The molecule has 0 bridgehead atoms. The molecule has 0 fully saturated rings. The summed E-state index contributed by atoms with van der Waals surface area (Å²) < 4.78 is 10.3. The molecule has 0 heterocycles. The summed E-state index contributed by atoms with van der Waals surface area (Å²) in [4.78, 5) is 21.9. The maximum atomic E-state index is 11.6. The van der Waals surface area contributed by atoms with Crippen LogP contribution in [0.1, 0.15) is 17.5 Å². The number of carbonyl (C=O) groups excluding carboxylic acids is 1. The summed E-state index contributed by atoms with van der Waals surface area (Å²) in [6.07, 6.45) is 3.75. The lowest BCUT2D eigenvalue weighted by Gasteiger charge is -2.06. The molecule has 2 aromatic carbocycles. The standard InChI is InChI=1S/C19H20N2O5/c1-25-18-13-17(21(23)24)11-10-16(18)9-5-6-12-20-19(22)26-14-15-7-3-2-4-8-15/h2-5,7-11,13H,6,12,14H2,1H3,(H,20,22). The van der Waals surface area contributed by atoms with Crippen molar-refractivity contribution in [1.29, 1.82) is 0 Å². The Labute approximate surface area is 151 Å². The predicted molar refractivity (Wildman–Crippen MR) is 97.9 cm³/mol. The molecule has 2 aromatic rings. The number of nitro groups is 1. The molecule has 7 heteroatoms. The summed E-state index contributed by atoms with van der Waals surface area (Å²) in [6.45, 7) is 0.641. The monoisotopic (exact) mass is 356 g/mol. The maximum Gasteiger partial charge on any atom is 0.407 e. The van der Waals surface area contributed by atoms with Crippen LogP contribution in [0, 0.1) is 10.1 Å². The first kappa shape index (κ1) is 19.0. The van der Waals surface area contributed by atoms with E-state index < -0.39 is 11.0 Å². The van der Waals surface area contributed by atoms with Gasteiger partial charge in [0.25, 0.3) is 5.69 Å². The number of nitro benzene ring substituents is 1. The number of methoxy groups -OCH3 is 1. The SMILES string of the molecule is COc1cc([N+](=O)[O-])ccc1C=CCCNC(=O)OCc1ccccc1. The quantitative estimate of drug-likeness (QED) is 0.439. The molecule has 26 heavy (non-hydrogen) atoms. The number of non-ortho nitro benzene ring substituents is 1. The van der Waals surface area contributed by atoms with Gasteiger partial charge < -0.3 is 14.8 Å². The number of nitrogens with one attached hydrogen (secondary N) is 1. The van der Waals surface area contributed by atoms with E-state index in [1.165, 1.54) is 19.2 Å². The first-order valence-electron chi connectivity index (χ1n) is 8.03. The van der Waals surface area contributed by atoms with Crippen molar-refractivity contribution in [2.45, 2.75) is 13.0 Å². The average Bonchev–Trinajstić information content (AvgIpc) is 2.66. The molecule has 1 amide bonds. The molecule has 2 rings (SSSR count). The van der Waals surface area contributed by atoms with Gasteiger partial charge in [-0.1, -0.05) is 42.5 Å². The van der Waals surface area contributed by atoms with Crippen LogP contribution >= 0.6 is 0 Å². The van der Waals surface area contributed by atoms with Crippen molar-refractivity contribution in [3.8, 4) is 5.75 Å². The number of alkyl carbamates (subject to hydrolysis) is 1. The lowest BCUT2D eigenvalue weighted by atomic mass is 10.1. The van der Waals surface area contributed by atoms with Crippen LogP contribution in [-0.4, -0.2) is 24.7 Å². The van der Waals surface area contributed by atoms with Gasteiger partial charge in [0, 0.05) is 18.2 Å². The molecule has 136 valence electrons. The van der Waals surface area contributed by atoms with E-state index in [9.17, 15) is 14.9 Å². The second kappa shape index (κ2) is 9.83. The van der Waals surface area contributed by atoms with Crippen LogP contribution in [0.25, 0.3) is 6.08 Å². The average molecular weight is 356 g/mol. The van der Waals surface area contributed by atoms with E-state index in [0.717, 1.165) is 11.1 Å². The first-order valence-corrected chi connectivity index (χ1v) is 8.03. The normalized spacial score (nSPS) is 10.5. The highest BCUT2D eigenvalue weighted by molar-refractivity contribution is 5.67. The molecule has 1 N–H and O–H groups in total. The van der Waals surface area contributed by atoms with Crippen molar-refractivity contribution in [2.24, 2.45) is 0 Å². The Kier molecular flexibility index (Phi) is 7.17. The molecule has 0 saturated carbocycles. The maximum absolute atomic E-state index is 11.6. The van der Waals surface area contributed by atoms with Crippen LogP contribution in [0.2, 0.25) is 0 Å². The van der Waals surface area contributed by atoms with Gasteiger partial charge in [-0.15, -0.1) is 0 Å². The molecule has 0 saturated heterocycles. The van der Waals surface area contributed by atoms with Gasteiger partial charge in [-0.05, 0) is 18.1 Å². The number of rotatable bonds is 8. The van der Waals surface area contributed by atoms with E-state index in [1.54, 1.807) is 12.1 Å². The fourth-order valence-electron chi connectivity index (χ4n) is 2.19. The largest absolute Gasteiger partial charge is 0.496 e. The highest BCUT2D eigenvalue weighted by Crippen LogP contribution is 2.25. The van der Waals surface area contributed by atoms with E-state index in [4.69, 9.17) is 9.47 Å². The molecular weight excluding hydrogens is 336 g/mol. The van der Waals surface area contributed by atoms with Crippen molar-refractivity contribution in [3.63, 3.8) is 0 Å². The summed E-state index contributed by atoms with van der Waals surface area (Å²) in [5.74, 6) is 0.422. The lowest BCUT2D eigenvalue weighted by Crippen LogP contribution is -2.24. The summed E-state index contributed by atoms with van der Waals surface area (Å²) in [6, 6.07) is 13.8. The smallest absolute Gasteiger partial charge is 0.407 e. The number of ether oxygens (including phenoxy) is 2. The van der Waals surface area contributed by atoms with Gasteiger partial charge in [-0.2, -0.15) is 0 Å². The Morgan fingerprint density at radius 3 is 2.69 bits per heavy atom. The number of benzene rings is 2. The van der Waals surface area contributed by atoms with E-state index >= 15 is 0 Å². The Hall–Kier alpha value is -3.35. The zero-order valence-corrected chi connectivity index (χ0v) is 14.4. The highest BCUT2D eigenvalue weighted by atomic mass is 16.6. The number of nitrogens with zero attached hydrogens (tertiary/aromatic N) is 1. The van der Waals surface area contributed by atoms with Crippen molar-refractivity contribution >= 4 is 17.9 Å². The molecule has 7 nitrogen and oxygen atoms in total. The van der Waals surface area contributed by atoms with Crippen molar-refractivity contribution in [1.82, 2.24) is 5.32 Å². The lowest BCUT2D eigenvalue weighted by molar-refractivity contribution is -0.384. The Balaban J connectivity index is 1.75. The predicted octanol–water partition coefficient (Wildman–Crippen LogP) is 3.93. The Morgan fingerprint density at radius 1 is 1.23 bits per heavy atom. The minimum atomic E-state index is -0.477. The minimum Gasteiger partial charge on any atom is -0.496 e. The molecule has 0 spiro atoms. The Bertz CT molecular complexity index is 775. The summed E-state index contributed by atoms with van der Waals surface area (Å²) in [5.41, 5.74) is 1.62. The van der Waals surface area contributed by atoms with Gasteiger partial charge in [0.1, 0.15) is 12.4 Å². The third-order valence-corrected chi connectivity index (χ3v) is 3.52. The summed E-state index contributed by atoms with van der Waals surface area (Å²) >= 11 is 0. The van der Waals surface area contributed by atoms with Crippen LogP contribution in [0.4, 0.5) is 10.5 Å². The van der Waals surface area contributed by atoms with E-state index in [-0.39, 0.29) is 12.3 Å². The molecule has 0 atom stereocenters. The summed E-state index contributed by atoms with van der Waals surface area (Å²) in [7, 11) is 1.46. The number of hydrogen-bond acceptors (Lipinski definition) is 5.